The van der Waals surface area contributed by atoms with Crippen LogP contribution in [0.1, 0.15) is 11.5 Å². The summed E-state index contributed by atoms with van der Waals surface area (Å²) < 4.78 is 7.70. The number of rotatable bonds is 5. The molecule has 0 spiro atoms. The summed E-state index contributed by atoms with van der Waals surface area (Å²) in [6, 6.07) is 9.94. The number of oxazole rings is 1. The van der Waals surface area contributed by atoms with Crippen LogP contribution in [0.15, 0.2) is 43.4 Å². The molecule has 0 amide bonds. The minimum atomic E-state index is 0.672. The van der Waals surface area contributed by atoms with Crippen LogP contribution >= 0.6 is 34.9 Å². The Kier molecular flexibility index (Phi) is 4.62. The molecule has 108 valence electrons. The highest BCUT2D eigenvalue weighted by Crippen LogP contribution is 2.31. The van der Waals surface area contributed by atoms with Crippen LogP contribution in [0.5, 0.6) is 0 Å². The van der Waals surface area contributed by atoms with Crippen LogP contribution < -0.4 is 0 Å². The van der Waals surface area contributed by atoms with E-state index in [9.17, 15) is 0 Å². The minimum absolute atomic E-state index is 0.672. The molecule has 0 aliphatic heterocycles. The van der Waals surface area contributed by atoms with Crippen molar-refractivity contribution in [1.82, 2.24) is 15.2 Å². The predicted molar refractivity (Wildman–Crippen MR) is 87.9 cm³/mol. The van der Waals surface area contributed by atoms with E-state index in [4.69, 9.17) is 4.42 Å². The van der Waals surface area contributed by atoms with E-state index >= 15 is 0 Å². The van der Waals surface area contributed by atoms with Gasteiger partial charge in [0.05, 0.1) is 5.69 Å². The first kappa shape index (κ1) is 14.6. The molecule has 4 nitrogen and oxygen atoms in total. The molecule has 7 heteroatoms. The van der Waals surface area contributed by atoms with Crippen molar-refractivity contribution in [3.8, 4) is 11.5 Å². The monoisotopic (exact) mass is 335 g/mol. The normalized spacial score (nSPS) is 11.0. The van der Waals surface area contributed by atoms with Crippen molar-refractivity contribution in [2.45, 2.75) is 21.4 Å². The zero-order valence-corrected chi connectivity index (χ0v) is 14.0. The molecule has 2 aromatic heterocycles. The molecule has 0 N–H and O–H groups in total. The average Bonchev–Trinajstić information content (AvgIpc) is 3.12. The highest BCUT2D eigenvalue weighted by atomic mass is 32.2. The molecule has 0 aliphatic rings. The summed E-state index contributed by atoms with van der Waals surface area (Å²) in [7, 11) is 0. The van der Waals surface area contributed by atoms with Gasteiger partial charge in [-0.3, -0.25) is 0 Å². The molecule has 0 atom stereocenters. The van der Waals surface area contributed by atoms with Crippen LogP contribution in [-0.4, -0.2) is 21.4 Å². The molecule has 1 aromatic carbocycles. The molecular weight excluding hydrogens is 322 g/mol. The smallest absolute Gasteiger partial charge is 0.226 e. The van der Waals surface area contributed by atoms with Gasteiger partial charge in [-0.2, -0.15) is 0 Å². The Morgan fingerprint density at radius 3 is 2.62 bits per heavy atom. The SMILES string of the molecule is CSc1nnc(SCc2nc(-c3ccccc3)oc2C)s1. The number of aromatic nitrogens is 3. The summed E-state index contributed by atoms with van der Waals surface area (Å²) >= 11 is 4.86. The Balaban J connectivity index is 1.73. The molecule has 0 radical (unpaired) electrons. The second-order valence-electron chi connectivity index (χ2n) is 4.21. The first-order valence-electron chi connectivity index (χ1n) is 6.28. The van der Waals surface area contributed by atoms with E-state index < -0.39 is 0 Å². The largest absolute Gasteiger partial charge is 0.441 e. The topological polar surface area (TPSA) is 51.8 Å². The number of nitrogens with zero attached hydrogens (tertiary/aromatic N) is 3. The maximum atomic E-state index is 5.75. The lowest BCUT2D eigenvalue weighted by Crippen LogP contribution is -1.84. The second-order valence-corrected chi connectivity index (χ2v) is 7.47. The van der Waals surface area contributed by atoms with Crippen molar-refractivity contribution in [3.63, 3.8) is 0 Å². The molecule has 0 bridgehead atoms. The van der Waals surface area contributed by atoms with Gasteiger partial charge in [0.2, 0.25) is 5.89 Å². The number of aryl methyl sites for hydroxylation is 1. The molecule has 0 saturated carbocycles. The quantitative estimate of drug-likeness (QED) is 0.639. The molecule has 2 heterocycles. The van der Waals surface area contributed by atoms with Crippen LogP contribution in [0.2, 0.25) is 0 Å². The molecule has 3 aromatic rings. The lowest BCUT2D eigenvalue weighted by Gasteiger charge is -1.93. The van der Waals surface area contributed by atoms with Gasteiger partial charge in [0, 0.05) is 11.3 Å². The molecule has 0 unspecified atom stereocenters. The van der Waals surface area contributed by atoms with Crippen molar-refractivity contribution in [2.24, 2.45) is 0 Å². The Morgan fingerprint density at radius 2 is 1.90 bits per heavy atom. The number of hydrogen-bond acceptors (Lipinski definition) is 7. The third kappa shape index (κ3) is 3.48. The number of hydrogen-bond donors (Lipinski definition) is 0. The molecule has 3 rings (SSSR count). The fraction of sp³-hybridized carbons (Fsp3) is 0.214. The third-order valence-corrected chi connectivity index (χ3v) is 5.85. The van der Waals surface area contributed by atoms with Crippen molar-refractivity contribution in [1.29, 1.82) is 0 Å². The fourth-order valence-corrected chi connectivity index (χ4v) is 4.17. The number of thioether (sulfide) groups is 2. The second kappa shape index (κ2) is 6.64. The number of benzene rings is 1. The van der Waals surface area contributed by atoms with Crippen LogP contribution in [0.3, 0.4) is 0 Å². The van der Waals surface area contributed by atoms with Crippen molar-refractivity contribution in [3.05, 3.63) is 41.8 Å². The van der Waals surface area contributed by atoms with Crippen LogP contribution in [0, 0.1) is 6.92 Å². The van der Waals surface area contributed by atoms with E-state index in [0.717, 1.165) is 31.4 Å². The summed E-state index contributed by atoms with van der Waals surface area (Å²) in [5.74, 6) is 2.27. The van der Waals surface area contributed by atoms with Crippen molar-refractivity contribution >= 4 is 34.9 Å². The zero-order valence-electron chi connectivity index (χ0n) is 11.6. The predicted octanol–water partition coefficient (Wildman–Crippen LogP) is 4.52. The molecule has 0 aliphatic carbocycles. The van der Waals surface area contributed by atoms with Gasteiger partial charge in [-0.15, -0.1) is 10.2 Å². The Labute approximate surface area is 135 Å². The van der Waals surface area contributed by atoms with Crippen LogP contribution in [0.4, 0.5) is 0 Å². The Hall–Kier alpha value is -1.31. The van der Waals surface area contributed by atoms with Gasteiger partial charge in [-0.1, -0.05) is 53.1 Å². The summed E-state index contributed by atoms with van der Waals surface area (Å²) in [6.07, 6.45) is 2.00. The van der Waals surface area contributed by atoms with Gasteiger partial charge < -0.3 is 4.42 Å². The van der Waals surface area contributed by atoms with E-state index in [1.807, 2.05) is 43.5 Å². The van der Waals surface area contributed by atoms with Crippen molar-refractivity contribution < 1.29 is 4.42 Å². The zero-order chi connectivity index (χ0) is 14.7. The Bertz CT molecular complexity index is 724. The van der Waals surface area contributed by atoms with E-state index in [0.29, 0.717) is 5.89 Å². The van der Waals surface area contributed by atoms with E-state index in [2.05, 4.69) is 15.2 Å². The van der Waals surface area contributed by atoms with Crippen LogP contribution in [-0.2, 0) is 5.75 Å². The summed E-state index contributed by atoms with van der Waals surface area (Å²) in [5, 5.41) is 8.24. The van der Waals surface area contributed by atoms with Gasteiger partial charge in [-0.25, -0.2) is 4.98 Å². The van der Waals surface area contributed by atoms with E-state index in [1.54, 1.807) is 34.9 Å². The van der Waals surface area contributed by atoms with E-state index in [-0.39, 0.29) is 0 Å². The summed E-state index contributed by atoms with van der Waals surface area (Å²) in [6.45, 7) is 1.95. The molecule has 0 saturated heterocycles. The minimum Gasteiger partial charge on any atom is -0.441 e. The van der Waals surface area contributed by atoms with Gasteiger partial charge in [0.25, 0.3) is 0 Å². The van der Waals surface area contributed by atoms with E-state index in [1.165, 1.54) is 0 Å². The van der Waals surface area contributed by atoms with Crippen molar-refractivity contribution in [2.75, 3.05) is 6.26 Å². The van der Waals surface area contributed by atoms with Crippen LogP contribution in [0.25, 0.3) is 11.5 Å². The first-order chi connectivity index (χ1) is 10.3. The molecule has 0 fully saturated rings. The highest BCUT2D eigenvalue weighted by Gasteiger charge is 2.12. The van der Waals surface area contributed by atoms with Gasteiger partial charge in [0.1, 0.15) is 5.76 Å². The van der Waals surface area contributed by atoms with Gasteiger partial charge in [-0.05, 0) is 25.3 Å². The first-order valence-corrected chi connectivity index (χ1v) is 9.31. The average molecular weight is 335 g/mol. The maximum absolute atomic E-state index is 5.75. The van der Waals surface area contributed by atoms with Gasteiger partial charge >= 0.3 is 0 Å². The fourth-order valence-electron chi connectivity index (χ4n) is 1.73. The maximum Gasteiger partial charge on any atom is 0.226 e. The molecule has 21 heavy (non-hydrogen) atoms. The van der Waals surface area contributed by atoms with Gasteiger partial charge in [0.15, 0.2) is 8.68 Å². The third-order valence-electron chi connectivity index (χ3n) is 2.81. The summed E-state index contributed by atoms with van der Waals surface area (Å²) in [5.41, 5.74) is 1.96. The standard InChI is InChI=1S/C14H13N3OS3/c1-9-11(8-20-14-17-16-13(19-2)21-14)15-12(18-9)10-6-4-3-5-7-10/h3-7H,8H2,1-2H3. The summed E-state index contributed by atoms with van der Waals surface area (Å²) in [4.78, 5) is 4.59. The lowest BCUT2D eigenvalue weighted by molar-refractivity contribution is 0.540. The Morgan fingerprint density at radius 1 is 1.14 bits per heavy atom. The highest BCUT2D eigenvalue weighted by molar-refractivity contribution is 8.02. The molecular formula is C14H13N3OS3. The lowest BCUT2D eigenvalue weighted by atomic mass is 10.2.